The third kappa shape index (κ3) is 3.04. The van der Waals surface area contributed by atoms with Gasteiger partial charge in [-0.05, 0) is 61.4 Å². The quantitative estimate of drug-likeness (QED) is 0.831. The number of phenolic OH excluding ortho intramolecular Hbond substituents is 1. The van der Waals surface area contributed by atoms with Crippen LogP contribution in [0.15, 0.2) is 54.6 Å². The summed E-state index contributed by atoms with van der Waals surface area (Å²) < 4.78 is 0. The van der Waals surface area contributed by atoms with Crippen molar-refractivity contribution in [1.82, 2.24) is 4.90 Å². The number of aromatic hydroxyl groups is 1. The van der Waals surface area contributed by atoms with Gasteiger partial charge in [-0.2, -0.15) is 0 Å². The Balaban J connectivity index is 1.43. The van der Waals surface area contributed by atoms with E-state index in [0.717, 1.165) is 31.5 Å². The number of benzene rings is 2. The lowest BCUT2D eigenvalue weighted by Crippen LogP contribution is -2.39. The minimum atomic E-state index is -0.729. The average molecular weight is 351 g/mol. The number of carbonyl (C=O) groups is 1. The standard InChI is InChI=1S/C22H25NO3/c1-15(21(25)16-7-9-20(24)10-8-16)23-13-17-11-22(26,12-18(17)14-23)19-5-3-2-4-6-19/h2-10,15,17-18,24,26H,11-14H2,1H3/t15?,17-,18+,22?. The van der Waals surface area contributed by atoms with Crippen LogP contribution in [0.2, 0.25) is 0 Å². The van der Waals surface area contributed by atoms with Gasteiger partial charge in [-0.15, -0.1) is 0 Å². The van der Waals surface area contributed by atoms with Crippen molar-refractivity contribution in [1.29, 1.82) is 0 Å². The SMILES string of the molecule is CC(C(=O)c1ccc(O)cc1)N1C[C@@H]2CC(O)(c3ccccc3)C[C@@H]2C1. The van der Waals surface area contributed by atoms with E-state index in [9.17, 15) is 15.0 Å². The molecule has 0 amide bonds. The van der Waals surface area contributed by atoms with E-state index in [1.807, 2.05) is 37.3 Å². The molecule has 2 fully saturated rings. The van der Waals surface area contributed by atoms with Crippen molar-refractivity contribution >= 4 is 5.78 Å². The van der Waals surface area contributed by atoms with E-state index in [-0.39, 0.29) is 17.6 Å². The maximum Gasteiger partial charge on any atom is 0.179 e. The van der Waals surface area contributed by atoms with Gasteiger partial charge in [0.1, 0.15) is 5.75 Å². The van der Waals surface area contributed by atoms with Gasteiger partial charge in [-0.1, -0.05) is 30.3 Å². The largest absolute Gasteiger partial charge is 0.508 e. The Hall–Kier alpha value is -2.17. The van der Waals surface area contributed by atoms with Crippen LogP contribution >= 0.6 is 0 Å². The minimum Gasteiger partial charge on any atom is -0.508 e. The summed E-state index contributed by atoms with van der Waals surface area (Å²) in [5.74, 6) is 1.11. The fourth-order valence-electron chi connectivity index (χ4n) is 4.72. The Morgan fingerprint density at radius 1 is 1.04 bits per heavy atom. The first-order chi connectivity index (χ1) is 12.5. The molecular formula is C22H25NO3. The number of aliphatic hydroxyl groups is 1. The number of likely N-dealkylation sites (tertiary alicyclic amines) is 1. The van der Waals surface area contributed by atoms with Crippen molar-refractivity contribution in [3.8, 4) is 5.75 Å². The number of hydrogen-bond acceptors (Lipinski definition) is 4. The van der Waals surface area contributed by atoms with E-state index in [0.29, 0.717) is 17.4 Å². The number of hydrogen-bond donors (Lipinski definition) is 2. The highest BCUT2D eigenvalue weighted by Crippen LogP contribution is 2.49. The van der Waals surface area contributed by atoms with Gasteiger partial charge < -0.3 is 10.2 Å². The summed E-state index contributed by atoms with van der Waals surface area (Å²) in [6.07, 6.45) is 1.52. The lowest BCUT2D eigenvalue weighted by molar-refractivity contribution is 0.0297. The molecule has 2 unspecified atom stereocenters. The van der Waals surface area contributed by atoms with Crippen molar-refractivity contribution in [3.63, 3.8) is 0 Å². The molecule has 1 heterocycles. The fraction of sp³-hybridized carbons (Fsp3) is 0.409. The van der Waals surface area contributed by atoms with Crippen molar-refractivity contribution in [2.75, 3.05) is 13.1 Å². The van der Waals surface area contributed by atoms with Gasteiger partial charge in [0, 0.05) is 18.7 Å². The Morgan fingerprint density at radius 3 is 2.19 bits per heavy atom. The highest BCUT2D eigenvalue weighted by atomic mass is 16.3. The van der Waals surface area contributed by atoms with Crippen molar-refractivity contribution in [2.24, 2.45) is 11.8 Å². The lowest BCUT2D eigenvalue weighted by atomic mass is 9.90. The number of Topliss-reactive ketones (excluding diaryl/α,β-unsaturated/α-hetero) is 1. The van der Waals surface area contributed by atoms with E-state index in [1.165, 1.54) is 0 Å². The number of ketones is 1. The predicted molar refractivity (Wildman–Crippen MR) is 100 cm³/mol. The first-order valence-electron chi connectivity index (χ1n) is 9.31. The van der Waals surface area contributed by atoms with Crippen molar-refractivity contribution < 1.29 is 15.0 Å². The monoisotopic (exact) mass is 351 g/mol. The summed E-state index contributed by atoms with van der Waals surface area (Å²) in [5.41, 5.74) is 0.912. The second-order valence-electron chi connectivity index (χ2n) is 7.87. The van der Waals surface area contributed by atoms with Gasteiger partial charge >= 0.3 is 0 Å². The highest BCUT2D eigenvalue weighted by Gasteiger charge is 2.50. The predicted octanol–water partition coefficient (Wildman–Crippen LogP) is 3.19. The Kier molecular flexibility index (Phi) is 4.33. The topological polar surface area (TPSA) is 60.8 Å². The van der Waals surface area contributed by atoms with Crippen LogP contribution in [0.3, 0.4) is 0 Å². The van der Waals surface area contributed by atoms with Gasteiger partial charge in [-0.3, -0.25) is 9.69 Å². The molecule has 1 saturated heterocycles. The summed E-state index contributed by atoms with van der Waals surface area (Å²) in [6, 6.07) is 16.2. The average Bonchev–Trinajstić information content (AvgIpc) is 3.18. The van der Waals surface area contributed by atoms with Gasteiger partial charge in [0.15, 0.2) is 5.78 Å². The molecule has 1 saturated carbocycles. The molecule has 4 atom stereocenters. The normalized spacial score (nSPS) is 29.5. The molecule has 2 aliphatic rings. The maximum atomic E-state index is 12.7. The summed E-state index contributed by atoms with van der Waals surface area (Å²) in [4.78, 5) is 15.0. The lowest BCUT2D eigenvalue weighted by Gasteiger charge is -2.28. The first kappa shape index (κ1) is 17.3. The van der Waals surface area contributed by atoms with Crippen LogP contribution in [-0.2, 0) is 5.60 Å². The minimum absolute atomic E-state index is 0.0864. The Morgan fingerprint density at radius 2 is 1.62 bits per heavy atom. The van der Waals surface area contributed by atoms with Gasteiger partial charge in [0.05, 0.1) is 11.6 Å². The molecule has 1 aliphatic carbocycles. The third-order valence-corrected chi connectivity index (χ3v) is 6.19. The Labute approximate surface area is 154 Å². The Bertz CT molecular complexity index is 773. The van der Waals surface area contributed by atoms with Crippen LogP contribution in [0.4, 0.5) is 0 Å². The molecule has 2 aromatic rings. The van der Waals surface area contributed by atoms with Gasteiger partial charge in [-0.25, -0.2) is 0 Å². The molecule has 26 heavy (non-hydrogen) atoms. The summed E-state index contributed by atoms with van der Waals surface area (Å²) in [7, 11) is 0. The van der Waals surface area contributed by atoms with E-state index in [2.05, 4.69) is 4.90 Å². The van der Waals surface area contributed by atoms with Crippen LogP contribution in [0.1, 0.15) is 35.7 Å². The number of phenols is 1. The molecule has 136 valence electrons. The van der Waals surface area contributed by atoms with E-state index < -0.39 is 5.60 Å². The fourth-order valence-corrected chi connectivity index (χ4v) is 4.72. The molecule has 4 heteroatoms. The first-order valence-corrected chi connectivity index (χ1v) is 9.31. The van der Waals surface area contributed by atoms with Crippen molar-refractivity contribution in [2.45, 2.75) is 31.4 Å². The smallest absolute Gasteiger partial charge is 0.179 e. The van der Waals surface area contributed by atoms with Gasteiger partial charge in [0.2, 0.25) is 0 Å². The molecule has 0 aromatic heterocycles. The zero-order valence-corrected chi connectivity index (χ0v) is 15.0. The van der Waals surface area contributed by atoms with Gasteiger partial charge in [0.25, 0.3) is 0 Å². The molecule has 1 aliphatic heterocycles. The molecule has 2 N–H and O–H groups in total. The van der Waals surface area contributed by atoms with Crippen LogP contribution in [0, 0.1) is 11.8 Å². The van der Waals surface area contributed by atoms with Crippen LogP contribution in [0.5, 0.6) is 5.75 Å². The number of nitrogens with zero attached hydrogens (tertiary/aromatic N) is 1. The van der Waals surface area contributed by atoms with Crippen LogP contribution in [0.25, 0.3) is 0 Å². The van der Waals surface area contributed by atoms with Crippen LogP contribution in [-0.4, -0.2) is 40.0 Å². The van der Waals surface area contributed by atoms with E-state index in [4.69, 9.17) is 0 Å². The molecule has 2 aromatic carbocycles. The summed E-state index contributed by atoms with van der Waals surface area (Å²) >= 11 is 0. The zero-order valence-electron chi connectivity index (χ0n) is 15.0. The third-order valence-electron chi connectivity index (χ3n) is 6.19. The van der Waals surface area contributed by atoms with E-state index >= 15 is 0 Å². The van der Waals surface area contributed by atoms with Crippen LogP contribution < -0.4 is 0 Å². The molecule has 4 nitrogen and oxygen atoms in total. The zero-order chi connectivity index (χ0) is 18.3. The molecular weight excluding hydrogens is 326 g/mol. The highest BCUT2D eigenvalue weighted by molar-refractivity contribution is 5.99. The molecule has 4 rings (SSSR count). The molecule has 0 spiro atoms. The number of rotatable bonds is 4. The second kappa shape index (κ2) is 6.53. The van der Waals surface area contributed by atoms with Crippen molar-refractivity contribution in [3.05, 3.63) is 65.7 Å². The summed E-state index contributed by atoms with van der Waals surface area (Å²) in [6.45, 7) is 3.66. The molecule has 0 bridgehead atoms. The molecule has 0 radical (unpaired) electrons. The van der Waals surface area contributed by atoms with E-state index in [1.54, 1.807) is 24.3 Å². The second-order valence-corrected chi connectivity index (χ2v) is 7.87. The number of carbonyl (C=O) groups excluding carboxylic acids is 1. The summed E-state index contributed by atoms with van der Waals surface area (Å²) in [5, 5.41) is 20.5. The number of fused-ring (bicyclic) bond motifs is 1. The maximum absolute atomic E-state index is 12.7.